The smallest absolute Gasteiger partial charge is 0.410 e. The number of hydrogen-bond donors (Lipinski definition) is 2. The van der Waals surface area contributed by atoms with E-state index in [4.69, 9.17) is 14.5 Å². The Hall–Kier alpha value is -3.90. The number of aromatic nitrogens is 2. The van der Waals surface area contributed by atoms with Crippen molar-refractivity contribution in [1.82, 2.24) is 19.8 Å². The van der Waals surface area contributed by atoms with Gasteiger partial charge in [0.05, 0.1) is 23.0 Å². The number of hydrogen-bond acceptors (Lipinski definition) is 6. The molecule has 2 fully saturated rings. The number of fused-ring (bicyclic) bond motifs is 2. The van der Waals surface area contributed by atoms with Crippen LogP contribution in [0.2, 0.25) is 0 Å². The molecule has 3 aromatic carbocycles. The van der Waals surface area contributed by atoms with Crippen molar-refractivity contribution >= 4 is 72.6 Å². The lowest BCUT2D eigenvalue weighted by Crippen LogP contribution is -2.36. The van der Waals surface area contributed by atoms with Crippen molar-refractivity contribution < 1.29 is 23.9 Å². The summed E-state index contributed by atoms with van der Waals surface area (Å²) in [7, 11) is 0. The van der Waals surface area contributed by atoms with Crippen LogP contribution in [0.4, 0.5) is 15.3 Å². The van der Waals surface area contributed by atoms with Crippen molar-refractivity contribution in [2.75, 3.05) is 25.0 Å². The fourth-order valence-corrected chi connectivity index (χ4v) is 6.17. The number of amides is 3. The molecule has 10 nitrogen and oxygen atoms in total. The zero-order chi connectivity index (χ0) is 32.8. The highest BCUT2D eigenvalue weighted by atomic mass is 32.1. The van der Waals surface area contributed by atoms with Crippen LogP contribution in [0, 0.1) is 5.92 Å². The highest BCUT2D eigenvalue weighted by molar-refractivity contribution is 7.59. The van der Waals surface area contributed by atoms with Gasteiger partial charge in [-0.2, -0.15) is 27.0 Å². The molecular formula is C36H47N5O5S2. The standard InChI is InChI=1S/C36H43N5O5.2H2S/c1-35(2,3)45-33(43)40-17-15-26(21-40)32(42)37-27-13-11-23-18-22(9-10-24(23)19-27)25-12-14-28-29(20-25)39-31(38-28)30-8-7-16-41(30)34(44)46-36(4,5)6;;/h9-14,18-20,26,30H,7-8,15-17,21H2,1-6H3,(H,37,42)(H,38,39);2*1H2/t26-,30-;;/m0../s1. The molecule has 12 heteroatoms. The molecule has 0 radical (unpaired) electrons. The zero-order valence-corrected chi connectivity index (χ0v) is 30.5. The molecule has 1 aromatic heterocycles. The van der Waals surface area contributed by atoms with E-state index in [1.54, 1.807) is 9.80 Å². The number of ether oxygens (including phenoxy) is 2. The molecule has 6 rings (SSSR count). The quantitative estimate of drug-likeness (QED) is 0.225. The predicted molar refractivity (Wildman–Crippen MR) is 199 cm³/mol. The van der Waals surface area contributed by atoms with E-state index in [9.17, 15) is 14.4 Å². The summed E-state index contributed by atoms with van der Waals surface area (Å²) in [5, 5.41) is 5.10. The number of imidazole rings is 1. The molecule has 3 heterocycles. The number of anilines is 1. The van der Waals surface area contributed by atoms with Crippen molar-refractivity contribution in [2.24, 2.45) is 5.92 Å². The largest absolute Gasteiger partial charge is 0.444 e. The Kier molecular flexibility index (Phi) is 11.0. The molecule has 48 heavy (non-hydrogen) atoms. The minimum absolute atomic E-state index is 0. The van der Waals surface area contributed by atoms with Crippen molar-refractivity contribution in [3.05, 3.63) is 60.4 Å². The van der Waals surface area contributed by atoms with Gasteiger partial charge >= 0.3 is 12.2 Å². The van der Waals surface area contributed by atoms with Gasteiger partial charge in [-0.3, -0.25) is 9.69 Å². The lowest BCUT2D eigenvalue weighted by Gasteiger charge is -2.27. The van der Waals surface area contributed by atoms with Gasteiger partial charge in [-0.05, 0) is 113 Å². The zero-order valence-electron chi connectivity index (χ0n) is 28.5. The Morgan fingerprint density at radius 1 is 0.812 bits per heavy atom. The van der Waals surface area contributed by atoms with E-state index < -0.39 is 11.2 Å². The summed E-state index contributed by atoms with van der Waals surface area (Å²) in [6.45, 7) is 12.6. The fraction of sp³-hybridized carbons (Fsp3) is 0.444. The molecule has 2 atom stereocenters. The number of aromatic amines is 1. The fourth-order valence-electron chi connectivity index (χ4n) is 6.17. The number of benzene rings is 3. The second-order valence-electron chi connectivity index (χ2n) is 14.4. The first-order valence-electron chi connectivity index (χ1n) is 16.0. The first-order chi connectivity index (χ1) is 21.7. The van der Waals surface area contributed by atoms with Gasteiger partial charge in [-0.15, -0.1) is 0 Å². The maximum absolute atomic E-state index is 13.0. The molecule has 0 spiro atoms. The lowest BCUT2D eigenvalue weighted by molar-refractivity contribution is -0.119. The predicted octanol–water partition coefficient (Wildman–Crippen LogP) is 7.88. The summed E-state index contributed by atoms with van der Waals surface area (Å²) < 4.78 is 11.1. The highest BCUT2D eigenvalue weighted by Gasteiger charge is 2.35. The molecule has 2 aliphatic rings. The molecule has 0 aliphatic carbocycles. The monoisotopic (exact) mass is 693 g/mol. The number of rotatable bonds is 4. The third-order valence-corrected chi connectivity index (χ3v) is 8.35. The van der Waals surface area contributed by atoms with Crippen LogP contribution in [0.3, 0.4) is 0 Å². The summed E-state index contributed by atoms with van der Waals surface area (Å²) in [5.74, 6) is 0.400. The minimum Gasteiger partial charge on any atom is -0.444 e. The Morgan fingerprint density at radius 3 is 2.19 bits per heavy atom. The van der Waals surface area contributed by atoms with Gasteiger partial charge in [0.15, 0.2) is 0 Å². The van der Waals surface area contributed by atoms with Gasteiger partial charge < -0.3 is 24.7 Å². The summed E-state index contributed by atoms with van der Waals surface area (Å²) >= 11 is 0. The van der Waals surface area contributed by atoms with Gasteiger partial charge in [0.1, 0.15) is 17.0 Å². The van der Waals surface area contributed by atoms with Gasteiger partial charge in [-0.25, -0.2) is 14.6 Å². The molecule has 4 aromatic rings. The molecule has 2 aliphatic heterocycles. The van der Waals surface area contributed by atoms with E-state index in [0.717, 1.165) is 57.3 Å². The summed E-state index contributed by atoms with van der Waals surface area (Å²) in [6.07, 6.45) is 1.66. The van der Waals surface area contributed by atoms with E-state index in [1.807, 2.05) is 65.8 Å². The summed E-state index contributed by atoms with van der Waals surface area (Å²) in [6, 6.07) is 18.2. The number of nitrogens with zero attached hydrogens (tertiary/aromatic N) is 3. The van der Waals surface area contributed by atoms with Crippen LogP contribution in [0.1, 0.15) is 72.7 Å². The number of carbonyl (C=O) groups is 3. The van der Waals surface area contributed by atoms with Crippen LogP contribution in [0.25, 0.3) is 32.9 Å². The molecule has 3 amide bonds. The normalized spacial score (nSPS) is 18.0. The van der Waals surface area contributed by atoms with Gasteiger partial charge in [0.25, 0.3) is 0 Å². The third-order valence-electron chi connectivity index (χ3n) is 8.35. The van der Waals surface area contributed by atoms with Gasteiger partial charge in [0, 0.05) is 25.3 Å². The molecular weight excluding hydrogens is 647 g/mol. The second-order valence-corrected chi connectivity index (χ2v) is 14.4. The van der Waals surface area contributed by atoms with Gasteiger partial charge in [0.2, 0.25) is 5.91 Å². The Labute approximate surface area is 295 Å². The van der Waals surface area contributed by atoms with Crippen LogP contribution < -0.4 is 5.32 Å². The maximum Gasteiger partial charge on any atom is 0.410 e. The van der Waals surface area contributed by atoms with E-state index >= 15 is 0 Å². The van der Waals surface area contributed by atoms with Gasteiger partial charge in [-0.1, -0.05) is 24.3 Å². The molecule has 0 bridgehead atoms. The SMILES string of the molecule is CC(C)(C)OC(=O)N1CC[C@H](C(=O)Nc2ccc3cc(-c4ccc5nc([C@@H]6CCCN6C(=O)OC(C)(C)C)[nH]c5c4)ccc3c2)C1.S.S. The first-order valence-corrected chi connectivity index (χ1v) is 16.0. The van der Waals surface area contributed by atoms with Crippen molar-refractivity contribution in [3.63, 3.8) is 0 Å². The van der Waals surface area contributed by atoms with Crippen LogP contribution in [0.15, 0.2) is 54.6 Å². The van der Waals surface area contributed by atoms with Crippen LogP contribution in [-0.2, 0) is 14.3 Å². The van der Waals surface area contributed by atoms with Crippen LogP contribution >= 0.6 is 27.0 Å². The van der Waals surface area contributed by atoms with Crippen molar-refractivity contribution in [1.29, 1.82) is 0 Å². The number of nitrogens with one attached hydrogen (secondary N) is 2. The van der Waals surface area contributed by atoms with Crippen molar-refractivity contribution in [2.45, 2.75) is 78.0 Å². The van der Waals surface area contributed by atoms with E-state index in [0.29, 0.717) is 26.1 Å². The summed E-state index contributed by atoms with van der Waals surface area (Å²) in [4.78, 5) is 49.9. The highest BCUT2D eigenvalue weighted by Crippen LogP contribution is 2.34. The summed E-state index contributed by atoms with van der Waals surface area (Å²) in [5.41, 5.74) is 3.48. The Bertz CT molecular complexity index is 1810. The van der Waals surface area contributed by atoms with Crippen molar-refractivity contribution in [3.8, 4) is 11.1 Å². The number of carbonyl (C=O) groups excluding carboxylic acids is 3. The Balaban J connectivity index is 0.00000260. The van der Waals surface area contributed by atoms with E-state index in [-0.39, 0.29) is 57.0 Å². The molecule has 0 unspecified atom stereocenters. The maximum atomic E-state index is 13.0. The lowest BCUT2D eigenvalue weighted by atomic mass is 10.0. The third kappa shape index (κ3) is 8.38. The van der Waals surface area contributed by atoms with Crippen LogP contribution in [0.5, 0.6) is 0 Å². The average molecular weight is 694 g/mol. The van der Waals surface area contributed by atoms with E-state index in [2.05, 4.69) is 40.6 Å². The minimum atomic E-state index is -0.570. The second kappa shape index (κ2) is 14.3. The number of likely N-dealkylation sites (tertiary alicyclic amines) is 2. The molecule has 2 saturated heterocycles. The Morgan fingerprint density at radius 2 is 1.46 bits per heavy atom. The average Bonchev–Trinajstić information content (AvgIpc) is 3.74. The molecule has 0 saturated carbocycles. The topological polar surface area (TPSA) is 117 Å². The molecule has 258 valence electrons. The van der Waals surface area contributed by atoms with Crippen LogP contribution in [-0.4, -0.2) is 68.7 Å². The van der Waals surface area contributed by atoms with E-state index in [1.165, 1.54) is 0 Å². The number of H-pyrrole nitrogens is 1. The first kappa shape index (κ1) is 36.9. The molecule has 2 N–H and O–H groups in total.